The molecule has 1 heterocycles. The molecule has 0 atom stereocenters. The zero-order valence-electron chi connectivity index (χ0n) is 16.6. The minimum atomic E-state index is -1.01. The van der Waals surface area contributed by atoms with Crippen LogP contribution in [0, 0.1) is 0 Å². The zero-order valence-corrected chi connectivity index (χ0v) is 16.6. The number of esters is 1. The molecule has 146 valence electrons. The van der Waals surface area contributed by atoms with Gasteiger partial charge in [-0.25, -0.2) is 0 Å². The van der Waals surface area contributed by atoms with Crippen LogP contribution in [0.5, 0.6) is 11.5 Å². The van der Waals surface area contributed by atoms with E-state index in [0.29, 0.717) is 11.5 Å². The van der Waals surface area contributed by atoms with Gasteiger partial charge in [-0.2, -0.15) is 0 Å². The molecule has 0 aliphatic heterocycles. The lowest BCUT2D eigenvalue weighted by atomic mass is 9.60. The van der Waals surface area contributed by atoms with Gasteiger partial charge in [0.25, 0.3) is 0 Å². The molecule has 0 N–H and O–H groups in total. The fraction of sp³-hybridized carbons (Fsp3) is 0.273. The molecule has 0 aliphatic carbocycles. The van der Waals surface area contributed by atoms with Crippen molar-refractivity contribution >= 4 is 5.97 Å². The molecular weight excluding hydrogens is 355 g/mol. The number of rotatable bonds is 6. The molecule has 1 aromatic heterocycles. The molecule has 0 fully saturated rings. The molecule has 0 bridgehead atoms. The highest BCUT2D eigenvalue weighted by Crippen LogP contribution is 2.41. The quantitative estimate of drug-likeness (QED) is 0.589. The van der Waals surface area contributed by atoms with Gasteiger partial charge in [-0.05, 0) is 55.8 Å². The van der Waals surface area contributed by atoms with Crippen molar-refractivity contribution in [1.82, 2.24) is 5.16 Å². The van der Waals surface area contributed by atoms with Crippen LogP contribution in [0.15, 0.2) is 53.1 Å². The Bertz CT molecular complexity index is 956. The number of benzene rings is 2. The van der Waals surface area contributed by atoms with E-state index in [-0.39, 0.29) is 0 Å². The summed E-state index contributed by atoms with van der Waals surface area (Å²) in [6.07, 6.45) is 0. The van der Waals surface area contributed by atoms with E-state index in [0.717, 1.165) is 28.2 Å². The van der Waals surface area contributed by atoms with Crippen molar-refractivity contribution in [2.24, 2.45) is 0 Å². The van der Waals surface area contributed by atoms with E-state index in [1.54, 1.807) is 28.1 Å². The number of aromatic nitrogens is 1. The fourth-order valence-electron chi connectivity index (χ4n) is 3.04. The molecule has 0 amide bonds. The van der Waals surface area contributed by atoms with Gasteiger partial charge in [0.1, 0.15) is 22.6 Å². The number of hydrogen-bond acceptors (Lipinski definition) is 6. The number of ether oxygens (including phenoxy) is 3. The van der Waals surface area contributed by atoms with Crippen LogP contribution in [0.25, 0.3) is 22.4 Å². The molecule has 6 heteroatoms. The molecule has 2 aromatic carbocycles. The third-order valence-corrected chi connectivity index (χ3v) is 4.70. The number of hydrogen-bond donors (Lipinski definition) is 0. The zero-order chi connectivity index (χ0) is 20.3. The van der Waals surface area contributed by atoms with Crippen molar-refractivity contribution in [1.29, 1.82) is 0 Å². The van der Waals surface area contributed by atoms with Gasteiger partial charge < -0.3 is 18.7 Å². The summed E-state index contributed by atoms with van der Waals surface area (Å²) in [7, 11) is 4.59. The lowest BCUT2D eigenvalue weighted by Gasteiger charge is -2.20. The van der Waals surface area contributed by atoms with E-state index in [1.807, 2.05) is 48.5 Å². The summed E-state index contributed by atoms with van der Waals surface area (Å²) in [6.45, 7) is 3.51. The highest BCUT2D eigenvalue weighted by Gasteiger charge is 2.39. The SMILES string of the molecule is [11CH3]Oc1ccc(-c2c(-c3ccc(O[12CH3])cc3)noc2C([11CH3])([11CH3])C(=O)O[12CH3])cc1. The monoisotopic (exact) mass is 378 g/mol. The van der Waals surface area contributed by atoms with Crippen molar-refractivity contribution in [3.05, 3.63) is 54.3 Å². The first-order valence-corrected chi connectivity index (χ1v) is 8.79. The Morgan fingerprint density at radius 3 is 1.82 bits per heavy atom. The lowest BCUT2D eigenvalue weighted by molar-refractivity contribution is -0.146. The third-order valence-electron chi connectivity index (χ3n) is 4.70. The first-order chi connectivity index (χ1) is 13.4. The standard InChI is InChI=1S/C22H23NO5/c1-22(2,21(24)27-5)20-18(14-6-10-16(25-3)11-7-14)19(23-28-20)15-8-12-17(26-4)13-9-15/h6-13H,1-5H3/i1-1,2-1,3-1,4+0,5+0. The molecule has 0 spiro atoms. The van der Waals surface area contributed by atoms with Gasteiger partial charge in [0.05, 0.1) is 26.9 Å². The van der Waals surface area contributed by atoms with Crippen LogP contribution < -0.4 is 9.47 Å². The second-order valence-electron chi connectivity index (χ2n) is 6.81. The normalized spacial score (nSPS) is 11.2. The van der Waals surface area contributed by atoms with E-state index in [2.05, 4.69) is 5.16 Å². The number of nitrogens with zero attached hydrogens (tertiary/aromatic N) is 1. The molecule has 0 unspecified atom stereocenters. The van der Waals surface area contributed by atoms with Crippen molar-refractivity contribution in [2.45, 2.75) is 19.3 Å². The molecule has 6 nitrogen and oxygen atoms in total. The topological polar surface area (TPSA) is 70.8 Å². The Morgan fingerprint density at radius 2 is 1.36 bits per heavy atom. The Kier molecular flexibility index (Phi) is 5.40. The summed E-state index contributed by atoms with van der Waals surface area (Å²) in [6, 6.07) is 15.0. The lowest BCUT2D eigenvalue weighted by Crippen LogP contribution is -2.30. The second-order valence-corrected chi connectivity index (χ2v) is 6.81. The Morgan fingerprint density at radius 1 is 0.857 bits per heavy atom. The van der Waals surface area contributed by atoms with Crippen LogP contribution >= 0.6 is 0 Å². The number of carbonyl (C=O) groups excluding carboxylic acids is 1. The van der Waals surface area contributed by atoms with Crippen molar-refractivity contribution in [3.63, 3.8) is 0 Å². The summed E-state index contributed by atoms with van der Waals surface area (Å²) in [5.74, 6) is 1.52. The molecule has 0 saturated heterocycles. The van der Waals surface area contributed by atoms with Crippen LogP contribution in [0.3, 0.4) is 0 Å². The first-order valence-electron chi connectivity index (χ1n) is 8.79. The van der Waals surface area contributed by atoms with Crippen molar-refractivity contribution in [3.8, 4) is 33.9 Å². The molecule has 28 heavy (non-hydrogen) atoms. The van der Waals surface area contributed by atoms with Crippen molar-refractivity contribution in [2.75, 3.05) is 21.3 Å². The van der Waals surface area contributed by atoms with E-state index in [9.17, 15) is 4.79 Å². The van der Waals surface area contributed by atoms with Gasteiger partial charge in [0.15, 0.2) is 5.76 Å². The average Bonchev–Trinajstić information content (AvgIpc) is 3.19. The highest BCUT2D eigenvalue weighted by molar-refractivity contribution is 5.89. The summed E-state index contributed by atoms with van der Waals surface area (Å²) < 4.78 is 21.2. The van der Waals surface area contributed by atoms with Crippen LogP contribution in [0.2, 0.25) is 0 Å². The van der Waals surface area contributed by atoms with Crippen LogP contribution in [-0.4, -0.2) is 32.5 Å². The minimum Gasteiger partial charge on any atom is -0.497 e. The average molecular weight is 378 g/mol. The summed E-state index contributed by atoms with van der Waals surface area (Å²) >= 11 is 0. The van der Waals surface area contributed by atoms with Crippen LogP contribution in [0.4, 0.5) is 0 Å². The van der Waals surface area contributed by atoms with E-state index in [1.165, 1.54) is 7.11 Å². The molecular formula is C22H23NO5. The van der Waals surface area contributed by atoms with Gasteiger partial charge >= 0.3 is 5.97 Å². The van der Waals surface area contributed by atoms with Crippen LogP contribution in [-0.2, 0) is 14.9 Å². The van der Waals surface area contributed by atoms with Gasteiger partial charge in [0.2, 0.25) is 0 Å². The number of carbonyl (C=O) groups is 1. The molecule has 0 aliphatic rings. The highest BCUT2D eigenvalue weighted by atomic mass is 16.5. The molecule has 0 saturated carbocycles. The van der Waals surface area contributed by atoms with E-state index in [4.69, 9.17) is 18.7 Å². The Hall–Kier alpha value is -3.28. The van der Waals surface area contributed by atoms with E-state index >= 15 is 0 Å². The second kappa shape index (κ2) is 7.76. The molecule has 0 radical (unpaired) electrons. The molecule has 3 rings (SSSR count). The maximum Gasteiger partial charge on any atom is 0.319 e. The smallest absolute Gasteiger partial charge is 0.319 e. The van der Waals surface area contributed by atoms with Crippen molar-refractivity contribution < 1.29 is 23.5 Å². The Balaban J connectivity index is 2.20. The summed E-state index contributed by atoms with van der Waals surface area (Å²) in [5, 5.41) is 4.29. The third kappa shape index (κ3) is 3.45. The Labute approximate surface area is 164 Å². The maximum atomic E-state index is 12.4. The molecule has 3 aromatic rings. The largest absolute Gasteiger partial charge is 0.497 e. The predicted molar refractivity (Wildman–Crippen MR) is 106 cm³/mol. The van der Waals surface area contributed by atoms with Crippen LogP contribution in [0.1, 0.15) is 19.6 Å². The first kappa shape index (κ1) is 19.5. The maximum absolute atomic E-state index is 12.4. The van der Waals surface area contributed by atoms with Gasteiger partial charge in [-0.15, -0.1) is 0 Å². The fourth-order valence-corrected chi connectivity index (χ4v) is 3.04. The minimum absolute atomic E-state index is 0.403. The summed E-state index contributed by atoms with van der Waals surface area (Å²) in [4.78, 5) is 12.4. The van der Waals surface area contributed by atoms with E-state index < -0.39 is 11.4 Å². The number of methoxy groups -OCH3 is 3. The predicted octanol–water partition coefficient (Wildman–Crippen LogP) is 4.48. The van der Waals surface area contributed by atoms with Gasteiger partial charge in [-0.3, -0.25) is 4.79 Å². The van der Waals surface area contributed by atoms with Gasteiger partial charge in [-0.1, -0.05) is 17.3 Å². The summed E-state index contributed by atoms with van der Waals surface area (Å²) in [5.41, 5.74) is 2.08. The van der Waals surface area contributed by atoms with Gasteiger partial charge in [0, 0.05) is 5.56 Å².